The van der Waals surface area contributed by atoms with Crippen molar-refractivity contribution in [3.8, 4) is 0 Å². The molecule has 2 unspecified atom stereocenters. The number of carbonyl (C=O) groups excluding carboxylic acids is 1. The summed E-state index contributed by atoms with van der Waals surface area (Å²) in [5, 5.41) is 0. The fourth-order valence-electron chi connectivity index (χ4n) is 2.51. The molecule has 0 bridgehead atoms. The number of methoxy groups -OCH3 is 1. The van der Waals surface area contributed by atoms with Crippen molar-refractivity contribution in [1.29, 1.82) is 0 Å². The first-order chi connectivity index (χ1) is 6.56. The van der Waals surface area contributed by atoms with Crippen molar-refractivity contribution < 1.29 is 14.3 Å². The van der Waals surface area contributed by atoms with Crippen LogP contribution in [0.5, 0.6) is 0 Å². The van der Waals surface area contributed by atoms with Crippen molar-refractivity contribution >= 4 is 5.91 Å². The summed E-state index contributed by atoms with van der Waals surface area (Å²) in [6, 6.07) is 0.220. The fourth-order valence-corrected chi connectivity index (χ4v) is 2.51. The van der Waals surface area contributed by atoms with Crippen LogP contribution in [0.1, 0.15) is 20.3 Å². The van der Waals surface area contributed by atoms with Gasteiger partial charge >= 0.3 is 0 Å². The highest BCUT2D eigenvalue weighted by Crippen LogP contribution is 2.38. The smallest absolute Gasteiger partial charge is 0.225 e. The van der Waals surface area contributed by atoms with Crippen LogP contribution in [-0.2, 0) is 14.3 Å². The van der Waals surface area contributed by atoms with Crippen LogP contribution in [0.4, 0.5) is 0 Å². The van der Waals surface area contributed by atoms with Crippen molar-refractivity contribution in [2.24, 2.45) is 5.92 Å². The average molecular weight is 199 g/mol. The van der Waals surface area contributed by atoms with E-state index in [9.17, 15) is 4.79 Å². The Morgan fingerprint density at radius 1 is 1.64 bits per heavy atom. The molecule has 2 heterocycles. The molecule has 1 amide bonds. The molecule has 0 aromatic carbocycles. The molecule has 0 radical (unpaired) electrons. The van der Waals surface area contributed by atoms with Crippen molar-refractivity contribution in [2.75, 3.05) is 20.3 Å². The number of carbonyl (C=O) groups is 1. The van der Waals surface area contributed by atoms with Gasteiger partial charge in [0.2, 0.25) is 5.91 Å². The molecule has 2 saturated heterocycles. The molecule has 4 nitrogen and oxygen atoms in total. The van der Waals surface area contributed by atoms with Gasteiger partial charge in [-0.15, -0.1) is 0 Å². The molecule has 2 atom stereocenters. The molecule has 0 N–H and O–H groups in total. The third-order valence-corrected chi connectivity index (χ3v) is 3.15. The van der Waals surface area contributed by atoms with Crippen LogP contribution in [0.2, 0.25) is 0 Å². The second kappa shape index (κ2) is 3.21. The zero-order chi connectivity index (χ0) is 10.3. The summed E-state index contributed by atoms with van der Waals surface area (Å²) in [5.41, 5.74) is -0.426. The third kappa shape index (κ3) is 1.33. The predicted octanol–water partition coefficient (Wildman–Crippen LogP) is 0.616. The van der Waals surface area contributed by atoms with E-state index >= 15 is 0 Å². The van der Waals surface area contributed by atoms with Gasteiger partial charge in [-0.05, 0) is 13.8 Å². The number of ether oxygens (including phenoxy) is 2. The highest BCUT2D eigenvalue weighted by molar-refractivity contribution is 5.80. The number of hydrogen-bond donors (Lipinski definition) is 0. The van der Waals surface area contributed by atoms with E-state index in [1.54, 1.807) is 7.11 Å². The number of fused-ring (bicyclic) bond motifs is 1. The van der Waals surface area contributed by atoms with Crippen LogP contribution >= 0.6 is 0 Å². The summed E-state index contributed by atoms with van der Waals surface area (Å²) < 4.78 is 10.7. The van der Waals surface area contributed by atoms with E-state index in [-0.39, 0.29) is 11.9 Å². The maximum atomic E-state index is 11.7. The Hall–Kier alpha value is -0.610. The van der Waals surface area contributed by atoms with Crippen molar-refractivity contribution in [3.63, 3.8) is 0 Å². The van der Waals surface area contributed by atoms with E-state index < -0.39 is 5.72 Å². The lowest BCUT2D eigenvalue weighted by Gasteiger charge is -2.29. The molecule has 0 aromatic heterocycles. The molecule has 2 fully saturated rings. The van der Waals surface area contributed by atoms with E-state index in [1.165, 1.54) is 0 Å². The van der Waals surface area contributed by atoms with Crippen LogP contribution in [0.3, 0.4) is 0 Å². The van der Waals surface area contributed by atoms with Crippen LogP contribution in [0, 0.1) is 5.92 Å². The van der Waals surface area contributed by atoms with E-state index in [4.69, 9.17) is 9.47 Å². The lowest BCUT2D eigenvalue weighted by atomic mass is 10.0. The summed E-state index contributed by atoms with van der Waals surface area (Å²) in [7, 11) is 1.67. The third-order valence-electron chi connectivity index (χ3n) is 3.15. The highest BCUT2D eigenvalue weighted by atomic mass is 16.5. The first-order valence-electron chi connectivity index (χ1n) is 5.01. The minimum atomic E-state index is -0.426. The van der Waals surface area contributed by atoms with Crippen molar-refractivity contribution in [3.05, 3.63) is 0 Å². The van der Waals surface area contributed by atoms with E-state index in [0.29, 0.717) is 25.6 Å². The summed E-state index contributed by atoms with van der Waals surface area (Å²) in [5.74, 6) is 0.494. The number of rotatable bonds is 2. The molecule has 2 aliphatic rings. The molecular formula is C10H17NO3. The van der Waals surface area contributed by atoms with Gasteiger partial charge < -0.3 is 14.4 Å². The first-order valence-corrected chi connectivity index (χ1v) is 5.01. The summed E-state index contributed by atoms with van der Waals surface area (Å²) in [4.78, 5) is 13.6. The molecule has 80 valence electrons. The number of hydrogen-bond acceptors (Lipinski definition) is 3. The molecule has 4 heteroatoms. The molecule has 0 aliphatic carbocycles. The lowest BCUT2D eigenvalue weighted by molar-refractivity contribution is -0.141. The topological polar surface area (TPSA) is 38.8 Å². The maximum absolute atomic E-state index is 11.7. The average Bonchev–Trinajstić information content (AvgIpc) is 2.55. The molecule has 2 rings (SSSR count). The summed E-state index contributed by atoms with van der Waals surface area (Å²) in [6.07, 6.45) is 0.602. The van der Waals surface area contributed by atoms with Crippen LogP contribution in [0.25, 0.3) is 0 Å². The Morgan fingerprint density at radius 2 is 2.36 bits per heavy atom. The van der Waals surface area contributed by atoms with E-state index in [2.05, 4.69) is 0 Å². The second-order valence-corrected chi connectivity index (χ2v) is 4.51. The minimum Gasteiger partial charge on any atom is -0.384 e. The van der Waals surface area contributed by atoms with E-state index in [1.807, 2.05) is 18.7 Å². The molecule has 2 aliphatic heterocycles. The zero-order valence-electron chi connectivity index (χ0n) is 8.95. The zero-order valence-corrected chi connectivity index (χ0v) is 8.95. The normalized spacial score (nSPS) is 35.1. The summed E-state index contributed by atoms with van der Waals surface area (Å²) >= 11 is 0. The monoisotopic (exact) mass is 199 g/mol. The van der Waals surface area contributed by atoms with Crippen molar-refractivity contribution in [1.82, 2.24) is 4.90 Å². The second-order valence-electron chi connectivity index (χ2n) is 4.51. The van der Waals surface area contributed by atoms with Crippen molar-refractivity contribution in [2.45, 2.75) is 32.0 Å². The number of nitrogens with zero attached hydrogens (tertiary/aromatic N) is 1. The van der Waals surface area contributed by atoms with Gasteiger partial charge in [0, 0.05) is 19.4 Å². The highest BCUT2D eigenvalue weighted by Gasteiger charge is 2.51. The van der Waals surface area contributed by atoms with Gasteiger partial charge in [-0.25, -0.2) is 0 Å². The first kappa shape index (κ1) is 9.93. The predicted molar refractivity (Wildman–Crippen MR) is 50.6 cm³/mol. The Kier molecular flexibility index (Phi) is 2.27. The summed E-state index contributed by atoms with van der Waals surface area (Å²) in [6.45, 7) is 5.18. The van der Waals surface area contributed by atoms with Gasteiger partial charge in [-0.3, -0.25) is 4.79 Å². The Labute approximate surface area is 84.2 Å². The van der Waals surface area contributed by atoms with Crippen LogP contribution in [-0.4, -0.2) is 42.9 Å². The SMILES string of the molecule is COCC1CC(=O)N2C1COC2(C)C. The lowest BCUT2D eigenvalue weighted by Crippen LogP contribution is -2.44. The quantitative estimate of drug-likeness (QED) is 0.654. The molecule has 0 spiro atoms. The van der Waals surface area contributed by atoms with Crippen LogP contribution in [0.15, 0.2) is 0 Å². The standard InChI is InChI=1S/C10H17NO3/c1-10(2)11-8(6-14-10)7(5-13-3)4-9(11)12/h7-8H,4-6H2,1-3H3. The van der Waals surface area contributed by atoms with Crippen LogP contribution < -0.4 is 0 Å². The molecular weight excluding hydrogens is 182 g/mol. The van der Waals surface area contributed by atoms with E-state index in [0.717, 1.165) is 0 Å². The molecule has 0 saturated carbocycles. The Balaban J connectivity index is 2.16. The maximum Gasteiger partial charge on any atom is 0.225 e. The Bertz CT molecular complexity index is 252. The Morgan fingerprint density at radius 3 is 3.00 bits per heavy atom. The van der Waals surface area contributed by atoms with Gasteiger partial charge in [0.05, 0.1) is 19.3 Å². The van der Waals surface area contributed by atoms with Gasteiger partial charge in [0.25, 0.3) is 0 Å². The van der Waals surface area contributed by atoms with Gasteiger partial charge in [0.1, 0.15) is 5.72 Å². The van der Waals surface area contributed by atoms with Gasteiger partial charge in [-0.1, -0.05) is 0 Å². The van der Waals surface area contributed by atoms with Gasteiger partial charge in [0.15, 0.2) is 0 Å². The molecule has 0 aromatic rings. The largest absolute Gasteiger partial charge is 0.384 e. The minimum absolute atomic E-state index is 0.194. The van der Waals surface area contributed by atoms with Gasteiger partial charge in [-0.2, -0.15) is 0 Å². The fraction of sp³-hybridized carbons (Fsp3) is 0.900. The number of amides is 1. The molecule has 14 heavy (non-hydrogen) atoms.